The number of anilines is 1. The Hall–Kier alpha value is -2.91. The second-order valence-electron chi connectivity index (χ2n) is 11.2. The normalized spacial score (nSPS) is 20.6. The quantitative estimate of drug-likeness (QED) is 0.291. The summed E-state index contributed by atoms with van der Waals surface area (Å²) in [6.07, 6.45) is 4.06. The second-order valence-corrected chi connectivity index (χ2v) is 13.3. The van der Waals surface area contributed by atoms with Crippen LogP contribution in [0.2, 0.25) is 5.02 Å². The number of benzene rings is 3. The first-order valence-electron chi connectivity index (χ1n) is 14.3. The molecule has 0 spiro atoms. The highest BCUT2D eigenvalue weighted by atomic mass is 35.5. The van der Waals surface area contributed by atoms with Gasteiger partial charge >= 0.3 is 6.09 Å². The highest BCUT2D eigenvalue weighted by Crippen LogP contribution is 2.36. The van der Waals surface area contributed by atoms with Crippen molar-refractivity contribution in [2.45, 2.75) is 75.6 Å². The van der Waals surface area contributed by atoms with Crippen LogP contribution in [0.25, 0.3) is 0 Å². The molecule has 3 aromatic rings. The Bertz CT molecular complexity index is 1440. The number of rotatable bonds is 10. The third-order valence-corrected chi connectivity index (χ3v) is 10.2. The molecule has 2 bridgehead atoms. The first kappa shape index (κ1) is 29.6. The number of sulfonamides is 1. The SMILES string of the molecule is Cc1ccc(S(=O)(=O)N[C@@H]2C[C@H]3CC[C@@H](C2)N3CCCN(C(=O)OCc2ccccc2)c2ccc(C)c(Cl)c2)cc1. The Kier molecular flexibility index (Phi) is 9.34. The lowest BCUT2D eigenvalue weighted by molar-refractivity contribution is 0.121. The second kappa shape index (κ2) is 12.9. The van der Waals surface area contributed by atoms with Crippen molar-refractivity contribution >= 4 is 33.4 Å². The van der Waals surface area contributed by atoms with Gasteiger partial charge in [-0.3, -0.25) is 9.80 Å². The van der Waals surface area contributed by atoms with E-state index in [2.05, 4.69) is 9.62 Å². The van der Waals surface area contributed by atoms with E-state index < -0.39 is 16.1 Å². The number of piperidine rings is 1. The van der Waals surface area contributed by atoms with Gasteiger partial charge in [0, 0.05) is 41.9 Å². The van der Waals surface area contributed by atoms with Crippen LogP contribution in [0.5, 0.6) is 0 Å². The van der Waals surface area contributed by atoms with E-state index in [1.54, 1.807) is 17.0 Å². The number of ether oxygens (including phenoxy) is 1. The molecule has 3 aromatic carbocycles. The predicted octanol–water partition coefficient (Wildman–Crippen LogP) is 6.46. The third kappa shape index (κ3) is 7.30. The average Bonchev–Trinajstić information content (AvgIpc) is 3.19. The van der Waals surface area contributed by atoms with Gasteiger partial charge in [0.1, 0.15) is 6.61 Å². The van der Waals surface area contributed by atoms with Crippen molar-refractivity contribution < 1.29 is 17.9 Å². The molecule has 2 fully saturated rings. The molecule has 1 amide bonds. The minimum absolute atomic E-state index is 0.0748. The number of halogens is 1. The van der Waals surface area contributed by atoms with Gasteiger partial charge in [0.05, 0.1) is 4.90 Å². The lowest BCUT2D eigenvalue weighted by atomic mass is 9.98. The molecule has 2 heterocycles. The van der Waals surface area contributed by atoms with Crippen LogP contribution in [0.4, 0.5) is 10.5 Å². The molecule has 1 N–H and O–H groups in total. The van der Waals surface area contributed by atoms with Crippen molar-refractivity contribution in [2.75, 3.05) is 18.0 Å². The molecule has 5 rings (SSSR count). The van der Waals surface area contributed by atoms with E-state index in [0.29, 0.717) is 34.2 Å². The fourth-order valence-corrected chi connectivity index (χ4v) is 7.46. The molecule has 0 aromatic heterocycles. The van der Waals surface area contributed by atoms with Crippen LogP contribution in [-0.2, 0) is 21.4 Å². The van der Waals surface area contributed by atoms with Crippen molar-refractivity contribution in [1.29, 1.82) is 0 Å². The van der Waals surface area contributed by atoms with Gasteiger partial charge in [-0.25, -0.2) is 17.9 Å². The molecule has 2 aliphatic heterocycles. The maximum absolute atomic E-state index is 13.2. The van der Waals surface area contributed by atoms with Crippen molar-refractivity contribution in [3.05, 3.63) is 94.5 Å². The molecule has 7 nitrogen and oxygen atoms in total. The number of fused-ring (bicyclic) bond motifs is 2. The Balaban J connectivity index is 1.19. The van der Waals surface area contributed by atoms with Gasteiger partial charge in [-0.1, -0.05) is 65.7 Å². The van der Waals surface area contributed by atoms with E-state index in [4.69, 9.17) is 16.3 Å². The van der Waals surface area contributed by atoms with E-state index in [-0.39, 0.29) is 12.6 Å². The van der Waals surface area contributed by atoms with Gasteiger partial charge in [-0.2, -0.15) is 0 Å². The number of carbonyl (C=O) groups is 1. The summed E-state index contributed by atoms with van der Waals surface area (Å²) in [5.74, 6) is 0. The van der Waals surface area contributed by atoms with Crippen LogP contribution >= 0.6 is 11.6 Å². The highest BCUT2D eigenvalue weighted by Gasteiger charge is 2.41. The van der Waals surface area contributed by atoms with Crippen LogP contribution in [0.3, 0.4) is 0 Å². The van der Waals surface area contributed by atoms with Crippen LogP contribution < -0.4 is 9.62 Å². The lowest BCUT2D eigenvalue weighted by Gasteiger charge is -2.39. The molecule has 9 heteroatoms. The number of amides is 1. The van der Waals surface area contributed by atoms with Crippen LogP contribution in [0.15, 0.2) is 77.7 Å². The maximum atomic E-state index is 13.2. The van der Waals surface area contributed by atoms with Gasteiger partial charge in [0.25, 0.3) is 0 Å². The number of hydrogen-bond donors (Lipinski definition) is 1. The summed E-state index contributed by atoms with van der Waals surface area (Å²) >= 11 is 6.41. The van der Waals surface area contributed by atoms with Crippen molar-refractivity contribution in [1.82, 2.24) is 9.62 Å². The monoisotopic (exact) mass is 595 g/mol. The van der Waals surface area contributed by atoms with Crippen LogP contribution in [-0.4, -0.2) is 50.6 Å². The smallest absolute Gasteiger partial charge is 0.414 e. The molecule has 3 atom stereocenters. The van der Waals surface area contributed by atoms with E-state index in [9.17, 15) is 13.2 Å². The largest absolute Gasteiger partial charge is 0.444 e. The molecule has 0 saturated carbocycles. The minimum atomic E-state index is -3.55. The zero-order chi connectivity index (χ0) is 29.0. The van der Waals surface area contributed by atoms with Gasteiger partial charge in [-0.05, 0) is 81.3 Å². The first-order valence-corrected chi connectivity index (χ1v) is 16.1. The third-order valence-electron chi connectivity index (χ3n) is 8.23. The van der Waals surface area contributed by atoms with E-state index in [1.807, 2.05) is 74.5 Å². The van der Waals surface area contributed by atoms with Crippen LogP contribution in [0, 0.1) is 13.8 Å². The summed E-state index contributed by atoms with van der Waals surface area (Å²) in [6, 6.07) is 22.8. The Morgan fingerprint density at radius 1 is 1.00 bits per heavy atom. The Labute approximate surface area is 248 Å². The summed E-state index contributed by atoms with van der Waals surface area (Å²) < 4.78 is 34.6. The molecule has 0 unspecified atom stereocenters. The van der Waals surface area contributed by atoms with Gasteiger partial charge in [-0.15, -0.1) is 0 Å². The number of hydrogen-bond acceptors (Lipinski definition) is 5. The topological polar surface area (TPSA) is 79.0 Å². The average molecular weight is 596 g/mol. The number of aryl methyl sites for hydroxylation is 2. The summed E-state index contributed by atoms with van der Waals surface area (Å²) in [4.78, 5) is 17.7. The molecule has 218 valence electrons. The van der Waals surface area contributed by atoms with Crippen molar-refractivity contribution in [3.63, 3.8) is 0 Å². The van der Waals surface area contributed by atoms with E-state index in [1.165, 1.54) is 0 Å². The molecule has 2 aliphatic rings. The fraction of sp³-hybridized carbons (Fsp3) is 0.406. The summed E-state index contributed by atoms with van der Waals surface area (Å²) in [5.41, 5.74) is 3.63. The molecule has 2 saturated heterocycles. The molecular formula is C32H38ClN3O4S. The number of carbonyl (C=O) groups excluding carboxylic acids is 1. The molecule has 41 heavy (non-hydrogen) atoms. The zero-order valence-electron chi connectivity index (χ0n) is 23.6. The lowest BCUT2D eigenvalue weighted by Crippen LogP contribution is -2.50. The number of nitrogens with one attached hydrogen (secondary N) is 1. The molecular weight excluding hydrogens is 558 g/mol. The zero-order valence-corrected chi connectivity index (χ0v) is 25.2. The van der Waals surface area contributed by atoms with Crippen molar-refractivity contribution in [2.24, 2.45) is 0 Å². The summed E-state index contributed by atoms with van der Waals surface area (Å²) in [7, 11) is -3.55. The Morgan fingerprint density at radius 3 is 2.34 bits per heavy atom. The molecule has 0 radical (unpaired) electrons. The Morgan fingerprint density at radius 2 is 1.68 bits per heavy atom. The first-order chi connectivity index (χ1) is 19.7. The van der Waals surface area contributed by atoms with Crippen LogP contribution in [0.1, 0.15) is 48.8 Å². The summed E-state index contributed by atoms with van der Waals surface area (Å²) in [5, 5.41) is 0.608. The van der Waals surface area contributed by atoms with Gasteiger partial charge in [0.2, 0.25) is 10.0 Å². The van der Waals surface area contributed by atoms with Gasteiger partial charge < -0.3 is 4.74 Å². The molecule has 0 aliphatic carbocycles. The van der Waals surface area contributed by atoms with Crippen molar-refractivity contribution in [3.8, 4) is 0 Å². The standard InChI is InChI=1S/C32H38ClN3O4S/c1-23-9-15-30(16-10-23)41(38,39)34-26-19-27-13-14-28(20-26)35(27)17-6-18-36(29-12-11-24(2)31(33)21-29)32(37)40-22-25-7-4-3-5-8-25/h3-5,7-12,15-16,21,26-28,34H,6,13-14,17-20,22H2,1-2H3/t26-,27-,28+. The number of nitrogens with zero attached hydrogens (tertiary/aromatic N) is 2. The van der Waals surface area contributed by atoms with E-state index >= 15 is 0 Å². The minimum Gasteiger partial charge on any atom is -0.444 e. The fourth-order valence-electron chi connectivity index (χ4n) is 6.02. The van der Waals surface area contributed by atoms with Gasteiger partial charge in [0.15, 0.2) is 0 Å². The maximum Gasteiger partial charge on any atom is 0.414 e. The highest BCUT2D eigenvalue weighted by molar-refractivity contribution is 7.89. The summed E-state index contributed by atoms with van der Waals surface area (Å²) in [6.45, 7) is 5.40. The predicted molar refractivity (Wildman–Crippen MR) is 163 cm³/mol. The van der Waals surface area contributed by atoms with E-state index in [0.717, 1.165) is 55.3 Å².